The molecule has 0 unspecified atom stereocenters. The zero-order chi connectivity index (χ0) is 12.4. The fourth-order valence-electron chi connectivity index (χ4n) is 1.99. The van der Waals surface area contributed by atoms with Gasteiger partial charge in [-0.2, -0.15) is 0 Å². The van der Waals surface area contributed by atoms with Gasteiger partial charge in [0, 0.05) is 16.7 Å². The monoisotopic (exact) mass is 240 g/mol. The SMILES string of the molecule is O=C(c1ccccc1)c1ccc2c(c1)COCO2. The summed E-state index contributed by atoms with van der Waals surface area (Å²) < 4.78 is 10.5. The van der Waals surface area contributed by atoms with E-state index in [-0.39, 0.29) is 12.6 Å². The highest BCUT2D eigenvalue weighted by molar-refractivity contribution is 6.09. The van der Waals surface area contributed by atoms with Crippen molar-refractivity contribution in [1.29, 1.82) is 0 Å². The third-order valence-electron chi connectivity index (χ3n) is 2.91. The summed E-state index contributed by atoms with van der Waals surface area (Å²) in [4.78, 5) is 12.3. The zero-order valence-electron chi connectivity index (χ0n) is 9.76. The normalized spacial score (nSPS) is 13.6. The van der Waals surface area contributed by atoms with Crippen molar-refractivity contribution >= 4 is 5.78 Å². The molecule has 0 atom stereocenters. The van der Waals surface area contributed by atoms with Crippen LogP contribution in [0, 0.1) is 0 Å². The van der Waals surface area contributed by atoms with Crippen molar-refractivity contribution in [3.63, 3.8) is 0 Å². The van der Waals surface area contributed by atoms with Crippen LogP contribution in [0.25, 0.3) is 0 Å². The largest absolute Gasteiger partial charge is 0.467 e. The number of rotatable bonds is 2. The van der Waals surface area contributed by atoms with Crippen molar-refractivity contribution in [3.8, 4) is 5.75 Å². The highest BCUT2D eigenvalue weighted by Crippen LogP contribution is 2.25. The van der Waals surface area contributed by atoms with Gasteiger partial charge >= 0.3 is 0 Å². The maximum absolute atomic E-state index is 12.3. The van der Waals surface area contributed by atoms with Gasteiger partial charge in [0.2, 0.25) is 0 Å². The van der Waals surface area contributed by atoms with Crippen molar-refractivity contribution in [2.75, 3.05) is 6.79 Å². The summed E-state index contributed by atoms with van der Waals surface area (Å²) in [6.07, 6.45) is 0. The summed E-state index contributed by atoms with van der Waals surface area (Å²) in [7, 11) is 0. The molecule has 0 amide bonds. The molecule has 1 heterocycles. The fraction of sp³-hybridized carbons (Fsp3) is 0.133. The van der Waals surface area contributed by atoms with E-state index in [1.807, 2.05) is 42.5 Å². The first-order valence-electron chi connectivity index (χ1n) is 5.78. The Morgan fingerprint density at radius 1 is 1.00 bits per heavy atom. The second-order valence-corrected chi connectivity index (χ2v) is 4.13. The molecular weight excluding hydrogens is 228 g/mol. The number of hydrogen-bond donors (Lipinski definition) is 0. The van der Waals surface area contributed by atoms with Gasteiger partial charge in [0.25, 0.3) is 0 Å². The van der Waals surface area contributed by atoms with E-state index in [2.05, 4.69) is 0 Å². The number of ketones is 1. The summed E-state index contributed by atoms with van der Waals surface area (Å²) in [6.45, 7) is 0.768. The van der Waals surface area contributed by atoms with Crippen molar-refractivity contribution < 1.29 is 14.3 Å². The second-order valence-electron chi connectivity index (χ2n) is 4.13. The van der Waals surface area contributed by atoms with E-state index in [9.17, 15) is 4.79 Å². The van der Waals surface area contributed by atoms with Gasteiger partial charge in [0.1, 0.15) is 5.75 Å². The minimum atomic E-state index is 0.0176. The first-order chi connectivity index (χ1) is 8.84. The first kappa shape index (κ1) is 11.0. The van der Waals surface area contributed by atoms with Gasteiger partial charge in [0.15, 0.2) is 12.6 Å². The third-order valence-corrected chi connectivity index (χ3v) is 2.91. The van der Waals surface area contributed by atoms with Gasteiger partial charge in [-0.3, -0.25) is 4.79 Å². The van der Waals surface area contributed by atoms with Crippen LogP contribution in [0.3, 0.4) is 0 Å². The van der Waals surface area contributed by atoms with Crippen LogP contribution in [0.2, 0.25) is 0 Å². The standard InChI is InChI=1S/C15H12O3/c16-15(11-4-2-1-3-5-11)12-6-7-14-13(8-12)9-17-10-18-14/h1-8H,9-10H2. The number of benzene rings is 2. The van der Waals surface area contributed by atoms with Gasteiger partial charge in [-0.25, -0.2) is 0 Å². The summed E-state index contributed by atoms with van der Waals surface area (Å²) >= 11 is 0. The molecule has 0 saturated carbocycles. The molecule has 0 spiro atoms. The van der Waals surface area contributed by atoms with Crippen molar-refractivity contribution in [3.05, 3.63) is 65.2 Å². The van der Waals surface area contributed by atoms with Gasteiger partial charge in [0.05, 0.1) is 6.61 Å². The van der Waals surface area contributed by atoms with E-state index in [0.29, 0.717) is 17.7 Å². The van der Waals surface area contributed by atoms with Crippen LogP contribution < -0.4 is 4.74 Å². The number of hydrogen-bond acceptors (Lipinski definition) is 3. The van der Waals surface area contributed by atoms with E-state index in [0.717, 1.165) is 11.3 Å². The Morgan fingerprint density at radius 2 is 1.83 bits per heavy atom. The number of carbonyl (C=O) groups is 1. The first-order valence-corrected chi connectivity index (χ1v) is 5.78. The Kier molecular flexibility index (Phi) is 2.82. The van der Waals surface area contributed by atoms with Crippen molar-refractivity contribution in [2.24, 2.45) is 0 Å². The maximum Gasteiger partial charge on any atom is 0.193 e. The smallest absolute Gasteiger partial charge is 0.193 e. The van der Waals surface area contributed by atoms with Gasteiger partial charge in [-0.15, -0.1) is 0 Å². The minimum absolute atomic E-state index is 0.0176. The number of ether oxygens (including phenoxy) is 2. The molecule has 3 heteroatoms. The molecule has 1 aliphatic heterocycles. The molecule has 0 aliphatic carbocycles. The Morgan fingerprint density at radius 3 is 2.67 bits per heavy atom. The average molecular weight is 240 g/mol. The Labute approximate surface area is 105 Å². The molecule has 2 aromatic carbocycles. The van der Waals surface area contributed by atoms with Crippen LogP contribution in [0.4, 0.5) is 0 Å². The zero-order valence-corrected chi connectivity index (χ0v) is 9.76. The van der Waals surface area contributed by atoms with Gasteiger partial charge in [-0.05, 0) is 18.2 Å². The molecule has 90 valence electrons. The minimum Gasteiger partial charge on any atom is -0.467 e. The molecule has 0 radical (unpaired) electrons. The van der Waals surface area contributed by atoms with Crippen molar-refractivity contribution in [1.82, 2.24) is 0 Å². The molecule has 3 rings (SSSR count). The Balaban J connectivity index is 1.95. The molecule has 18 heavy (non-hydrogen) atoms. The lowest BCUT2D eigenvalue weighted by Crippen LogP contribution is -2.12. The van der Waals surface area contributed by atoms with Crippen LogP contribution >= 0.6 is 0 Å². The van der Waals surface area contributed by atoms with E-state index >= 15 is 0 Å². The van der Waals surface area contributed by atoms with Crippen LogP contribution in [0.1, 0.15) is 21.5 Å². The Bertz CT molecular complexity index is 576. The number of carbonyl (C=O) groups excluding carboxylic acids is 1. The summed E-state index contributed by atoms with van der Waals surface area (Å²) in [5.74, 6) is 0.815. The molecule has 0 N–H and O–H groups in total. The third kappa shape index (κ3) is 2.00. The lowest BCUT2D eigenvalue weighted by molar-refractivity contribution is -0.0163. The maximum atomic E-state index is 12.3. The van der Waals surface area contributed by atoms with Gasteiger partial charge in [-0.1, -0.05) is 30.3 Å². The van der Waals surface area contributed by atoms with E-state index in [1.54, 1.807) is 6.07 Å². The van der Waals surface area contributed by atoms with Crippen LogP contribution in [-0.4, -0.2) is 12.6 Å². The molecule has 0 aromatic heterocycles. The van der Waals surface area contributed by atoms with E-state index in [1.165, 1.54) is 0 Å². The summed E-state index contributed by atoms with van der Waals surface area (Å²) in [6, 6.07) is 14.7. The van der Waals surface area contributed by atoms with Crippen molar-refractivity contribution in [2.45, 2.75) is 6.61 Å². The average Bonchev–Trinajstić information content (AvgIpc) is 2.47. The number of fused-ring (bicyclic) bond motifs is 1. The van der Waals surface area contributed by atoms with Gasteiger partial charge < -0.3 is 9.47 Å². The van der Waals surface area contributed by atoms with E-state index in [4.69, 9.17) is 9.47 Å². The summed E-state index contributed by atoms with van der Waals surface area (Å²) in [5.41, 5.74) is 2.27. The highest BCUT2D eigenvalue weighted by atomic mass is 16.7. The predicted octanol–water partition coefficient (Wildman–Crippen LogP) is 2.78. The Hall–Kier alpha value is -2.13. The molecule has 0 saturated heterocycles. The molecule has 1 aliphatic rings. The van der Waals surface area contributed by atoms with Crippen LogP contribution in [0.5, 0.6) is 5.75 Å². The summed E-state index contributed by atoms with van der Waals surface area (Å²) in [5, 5.41) is 0. The van der Waals surface area contributed by atoms with Crippen LogP contribution in [-0.2, 0) is 11.3 Å². The lowest BCUT2D eigenvalue weighted by Gasteiger charge is -2.17. The fourth-order valence-corrected chi connectivity index (χ4v) is 1.99. The molecule has 3 nitrogen and oxygen atoms in total. The van der Waals surface area contributed by atoms with Crippen LogP contribution in [0.15, 0.2) is 48.5 Å². The molecule has 2 aromatic rings. The second kappa shape index (κ2) is 4.63. The molecule has 0 fully saturated rings. The quantitative estimate of drug-likeness (QED) is 0.757. The molecular formula is C15H12O3. The van der Waals surface area contributed by atoms with E-state index < -0.39 is 0 Å². The topological polar surface area (TPSA) is 35.5 Å². The lowest BCUT2D eigenvalue weighted by atomic mass is 10.0. The highest BCUT2D eigenvalue weighted by Gasteiger charge is 2.14. The predicted molar refractivity (Wildman–Crippen MR) is 66.6 cm³/mol. The molecule has 0 bridgehead atoms.